The van der Waals surface area contributed by atoms with Crippen LogP contribution in [0.5, 0.6) is 0 Å². The van der Waals surface area contributed by atoms with E-state index < -0.39 is 5.54 Å². The van der Waals surface area contributed by atoms with Crippen molar-refractivity contribution in [2.45, 2.75) is 76.0 Å². The Bertz CT molecular complexity index is 999. The second kappa shape index (κ2) is 11.8. The molecule has 208 valence electrons. The van der Waals surface area contributed by atoms with Crippen LogP contribution in [0, 0.1) is 17.3 Å². The summed E-state index contributed by atoms with van der Waals surface area (Å²) in [5.41, 5.74) is 0.271. The smallest absolute Gasteiger partial charge is 0.410 e. The van der Waals surface area contributed by atoms with Crippen LogP contribution in [-0.2, 0) is 25.6 Å². The number of rotatable bonds is 6. The van der Waals surface area contributed by atoms with Crippen molar-refractivity contribution in [1.82, 2.24) is 9.80 Å². The van der Waals surface area contributed by atoms with Gasteiger partial charge in [-0.1, -0.05) is 42.5 Å². The summed E-state index contributed by atoms with van der Waals surface area (Å²) in [5, 5.41) is 0. The van der Waals surface area contributed by atoms with Crippen molar-refractivity contribution < 1.29 is 23.8 Å². The molecular weight excluding hydrogens is 480 g/mol. The Hall–Kier alpha value is -2.38. The third-order valence-corrected chi connectivity index (χ3v) is 9.66. The van der Waals surface area contributed by atoms with Crippen molar-refractivity contribution >= 4 is 12.0 Å². The van der Waals surface area contributed by atoms with Gasteiger partial charge in [0.1, 0.15) is 0 Å². The molecule has 3 aliphatic heterocycles. The Balaban J connectivity index is 1.58. The van der Waals surface area contributed by atoms with Gasteiger partial charge in [-0.3, -0.25) is 9.69 Å². The second-order valence-electron chi connectivity index (χ2n) is 11.8. The summed E-state index contributed by atoms with van der Waals surface area (Å²) in [6.45, 7) is 2.89. The first kappa shape index (κ1) is 27.2. The number of carbonyl (C=O) groups is 2. The number of hydrogen-bond acceptors (Lipinski definition) is 5. The maximum absolute atomic E-state index is 13.9. The van der Waals surface area contributed by atoms with Gasteiger partial charge < -0.3 is 19.1 Å². The zero-order chi connectivity index (χ0) is 26.6. The molecular formula is C31H44N2O5. The predicted octanol–water partition coefficient (Wildman–Crippen LogP) is 5.19. The quantitative estimate of drug-likeness (QED) is 0.479. The number of benzene rings is 1. The first-order valence-electron chi connectivity index (χ1n) is 14.5. The van der Waals surface area contributed by atoms with Crippen molar-refractivity contribution in [1.29, 1.82) is 0 Å². The normalized spacial score (nSPS) is 34.2. The largest absolute Gasteiger partial charge is 0.453 e. The van der Waals surface area contributed by atoms with Crippen LogP contribution in [-0.4, -0.2) is 73.9 Å². The van der Waals surface area contributed by atoms with E-state index in [-0.39, 0.29) is 29.4 Å². The Kier molecular flexibility index (Phi) is 8.44. The monoisotopic (exact) mass is 524 g/mol. The molecule has 4 aliphatic rings. The van der Waals surface area contributed by atoms with E-state index in [0.717, 1.165) is 63.5 Å². The molecule has 0 unspecified atom stereocenters. The SMILES string of the molecule is COC[C@@]12[C@@H]3CCN4C(=O)CCCC/C=C/CCC[C@@](COCc5ccccc5)(C[C@H]3CN1C(=O)OC)[C@H]42. The fourth-order valence-electron chi connectivity index (χ4n) is 8.36. The number of likely N-dealkylation sites (tertiary alicyclic amines) is 1. The molecule has 1 aromatic carbocycles. The molecule has 1 saturated carbocycles. The lowest BCUT2D eigenvalue weighted by molar-refractivity contribution is -0.181. The number of allylic oxidation sites excluding steroid dienone is 2. The molecule has 0 N–H and O–H groups in total. The van der Waals surface area contributed by atoms with Gasteiger partial charge in [-0.05, 0) is 68.8 Å². The van der Waals surface area contributed by atoms with E-state index in [1.54, 1.807) is 7.11 Å². The maximum Gasteiger partial charge on any atom is 0.410 e. The van der Waals surface area contributed by atoms with Crippen molar-refractivity contribution in [2.75, 3.05) is 40.5 Å². The fraction of sp³-hybridized carbons (Fsp3) is 0.677. The lowest BCUT2D eigenvalue weighted by atomic mass is 9.52. The van der Waals surface area contributed by atoms with Crippen LogP contribution in [0.2, 0.25) is 0 Å². The van der Waals surface area contributed by atoms with E-state index in [4.69, 9.17) is 14.2 Å². The zero-order valence-corrected chi connectivity index (χ0v) is 23.1. The molecule has 7 nitrogen and oxygen atoms in total. The maximum atomic E-state index is 13.9. The molecule has 7 heteroatoms. The van der Waals surface area contributed by atoms with Crippen LogP contribution in [0.3, 0.4) is 0 Å². The molecule has 38 heavy (non-hydrogen) atoms. The number of amides is 2. The number of piperidine rings is 1. The molecule has 0 spiro atoms. The van der Waals surface area contributed by atoms with Gasteiger partial charge in [0.05, 0.1) is 38.5 Å². The molecule has 5 atom stereocenters. The van der Waals surface area contributed by atoms with Crippen molar-refractivity contribution in [3.63, 3.8) is 0 Å². The average Bonchev–Trinajstić information content (AvgIpc) is 3.17. The van der Waals surface area contributed by atoms with E-state index in [1.807, 2.05) is 23.1 Å². The molecule has 1 aromatic rings. The third kappa shape index (κ3) is 4.88. The molecule has 0 aromatic heterocycles. The minimum Gasteiger partial charge on any atom is -0.453 e. The number of ether oxygens (including phenoxy) is 3. The highest BCUT2D eigenvalue weighted by molar-refractivity contribution is 5.78. The summed E-state index contributed by atoms with van der Waals surface area (Å²) in [6, 6.07) is 10.1. The Morgan fingerprint density at radius 3 is 2.61 bits per heavy atom. The van der Waals surface area contributed by atoms with E-state index in [2.05, 4.69) is 29.2 Å². The Morgan fingerprint density at radius 2 is 1.84 bits per heavy atom. The molecule has 5 rings (SSSR count). The van der Waals surface area contributed by atoms with Gasteiger partial charge in [-0.2, -0.15) is 0 Å². The molecule has 3 heterocycles. The lowest BCUT2D eigenvalue weighted by Crippen LogP contribution is -2.76. The summed E-state index contributed by atoms with van der Waals surface area (Å²) in [4.78, 5) is 31.3. The van der Waals surface area contributed by atoms with Gasteiger partial charge in [-0.25, -0.2) is 4.79 Å². The van der Waals surface area contributed by atoms with E-state index >= 15 is 0 Å². The van der Waals surface area contributed by atoms with Crippen LogP contribution in [0.25, 0.3) is 0 Å². The highest BCUT2D eigenvalue weighted by atomic mass is 16.5. The van der Waals surface area contributed by atoms with Crippen molar-refractivity contribution in [2.24, 2.45) is 17.3 Å². The third-order valence-electron chi connectivity index (χ3n) is 9.66. The first-order chi connectivity index (χ1) is 18.6. The number of carbonyl (C=O) groups excluding carboxylic acids is 2. The van der Waals surface area contributed by atoms with Crippen LogP contribution in [0.4, 0.5) is 4.79 Å². The molecule has 1 aliphatic carbocycles. The number of methoxy groups -OCH3 is 2. The average molecular weight is 525 g/mol. The second-order valence-corrected chi connectivity index (χ2v) is 11.8. The van der Waals surface area contributed by atoms with Gasteiger partial charge >= 0.3 is 6.09 Å². The molecule has 2 saturated heterocycles. The Labute approximate surface area is 227 Å². The first-order valence-corrected chi connectivity index (χ1v) is 14.5. The summed E-state index contributed by atoms with van der Waals surface area (Å²) in [5.74, 6) is 0.826. The fourth-order valence-corrected chi connectivity index (χ4v) is 8.36. The molecule has 3 fully saturated rings. The standard InChI is InChI=1S/C31H44N2O5/c1-36-23-31-26-16-18-32-27(34)15-11-6-4-3-5-7-12-17-30(28(31)32,19-25(26)20-33(31)29(35)37-2)22-38-21-24-13-9-8-10-14-24/h3,5,8-10,13-14,25-26,28H,4,6-7,11-12,15-23H2,1-2H3/b5-3+/t25-,26+,28-,30-,31-/m0/s1. The van der Waals surface area contributed by atoms with Crippen LogP contribution < -0.4 is 0 Å². The summed E-state index contributed by atoms with van der Waals surface area (Å²) in [7, 11) is 3.18. The molecule has 4 bridgehead atoms. The summed E-state index contributed by atoms with van der Waals surface area (Å²) < 4.78 is 17.8. The van der Waals surface area contributed by atoms with Gasteiger partial charge in [0.25, 0.3) is 0 Å². The van der Waals surface area contributed by atoms with Gasteiger partial charge in [0, 0.05) is 32.0 Å². The van der Waals surface area contributed by atoms with Gasteiger partial charge in [-0.15, -0.1) is 0 Å². The van der Waals surface area contributed by atoms with E-state index in [0.29, 0.717) is 38.7 Å². The zero-order valence-electron chi connectivity index (χ0n) is 23.1. The highest BCUT2D eigenvalue weighted by Crippen LogP contribution is 2.62. The predicted molar refractivity (Wildman–Crippen MR) is 145 cm³/mol. The minimum absolute atomic E-state index is 0.167. The summed E-state index contributed by atoms with van der Waals surface area (Å²) in [6.07, 6.45) is 12.6. The van der Waals surface area contributed by atoms with Gasteiger partial charge in [0.15, 0.2) is 0 Å². The highest BCUT2D eigenvalue weighted by Gasteiger charge is 2.72. The minimum atomic E-state index is -0.606. The summed E-state index contributed by atoms with van der Waals surface area (Å²) >= 11 is 0. The van der Waals surface area contributed by atoms with Crippen LogP contribution in [0.15, 0.2) is 42.5 Å². The van der Waals surface area contributed by atoms with Crippen molar-refractivity contribution in [3.05, 3.63) is 48.0 Å². The topological polar surface area (TPSA) is 68.3 Å². The van der Waals surface area contributed by atoms with E-state index in [9.17, 15) is 9.59 Å². The number of nitrogens with zero attached hydrogens (tertiary/aromatic N) is 2. The van der Waals surface area contributed by atoms with Crippen LogP contribution >= 0.6 is 0 Å². The Morgan fingerprint density at radius 1 is 1.05 bits per heavy atom. The molecule has 2 amide bonds. The lowest BCUT2D eigenvalue weighted by Gasteiger charge is -2.63. The van der Waals surface area contributed by atoms with Crippen LogP contribution in [0.1, 0.15) is 63.4 Å². The van der Waals surface area contributed by atoms with Gasteiger partial charge in [0.2, 0.25) is 5.91 Å². The number of hydrogen-bond donors (Lipinski definition) is 0. The van der Waals surface area contributed by atoms with E-state index in [1.165, 1.54) is 7.11 Å². The van der Waals surface area contributed by atoms with Crippen molar-refractivity contribution in [3.8, 4) is 0 Å². The molecule has 0 radical (unpaired) electrons.